The van der Waals surface area contributed by atoms with E-state index in [-0.39, 0.29) is 13.1 Å². The van der Waals surface area contributed by atoms with Crippen LogP contribution in [0.5, 0.6) is 0 Å². The molecule has 0 aliphatic rings. The zero-order chi connectivity index (χ0) is 30.7. The van der Waals surface area contributed by atoms with Crippen LogP contribution >= 0.6 is 20.2 Å². The van der Waals surface area contributed by atoms with E-state index in [1.54, 1.807) is 0 Å². The molecular weight excluding hydrogens is 618 g/mol. The Morgan fingerprint density at radius 3 is 0.930 bits per heavy atom. The van der Waals surface area contributed by atoms with Crippen LogP contribution in [0.25, 0.3) is 33.8 Å². The molecule has 9 heteroatoms. The van der Waals surface area contributed by atoms with Gasteiger partial charge in [-0.1, -0.05) is 89.5 Å². The van der Waals surface area contributed by atoms with Gasteiger partial charge in [0.1, 0.15) is 0 Å². The van der Waals surface area contributed by atoms with E-state index in [4.69, 9.17) is 35.5 Å². The summed E-state index contributed by atoms with van der Waals surface area (Å²) in [5, 5.41) is 15.4. The first-order valence-electron chi connectivity index (χ1n) is 13.9. The molecule has 6 rings (SSSR count). The third-order valence-electron chi connectivity index (χ3n) is 7.47. The van der Waals surface area contributed by atoms with E-state index in [0.717, 1.165) is 50.9 Å². The van der Waals surface area contributed by atoms with Crippen LogP contribution in [0.15, 0.2) is 91.0 Å². The molecule has 0 atom stereocenters. The van der Waals surface area contributed by atoms with Gasteiger partial charge in [-0.25, -0.2) is 14.0 Å². The number of benzene rings is 3. The molecule has 221 valence electrons. The van der Waals surface area contributed by atoms with E-state index in [0.29, 0.717) is 0 Å². The number of nitrogens with zero attached hydrogens (tertiary/aromatic N) is 6. The van der Waals surface area contributed by atoms with Crippen LogP contribution in [0.3, 0.4) is 0 Å². The van der Waals surface area contributed by atoms with Crippen molar-refractivity contribution in [3.8, 4) is 33.8 Å². The van der Waals surface area contributed by atoms with Gasteiger partial charge in [0.2, 0.25) is 6.29 Å². The van der Waals surface area contributed by atoms with Crippen molar-refractivity contribution < 1.29 is 13.1 Å². The topological polar surface area (TPSA) is 53.5 Å². The van der Waals surface area contributed by atoms with Crippen molar-refractivity contribution in [2.75, 3.05) is 0 Å². The van der Waals surface area contributed by atoms with Crippen molar-refractivity contribution in [1.82, 2.24) is 29.3 Å². The number of halogens is 2. The Morgan fingerprint density at radius 1 is 0.465 bits per heavy atom. The van der Waals surface area contributed by atoms with Gasteiger partial charge in [-0.15, -0.1) is 0 Å². The van der Waals surface area contributed by atoms with Gasteiger partial charge in [-0.3, -0.25) is 0 Å². The van der Waals surface area contributed by atoms with Gasteiger partial charge in [-0.05, 0) is 59.7 Å². The molecule has 0 radical (unpaired) electrons. The molecule has 43 heavy (non-hydrogen) atoms. The maximum absolute atomic E-state index is 5.13. The number of hydrogen-bond donors (Lipinski definition) is 0. The zero-order valence-electron chi connectivity index (χ0n) is 25.1. The third-order valence-corrected chi connectivity index (χ3v) is 7.47. The molecule has 0 bridgehead atoms. The van der Waals surface area contributed by atoms with Gasteiger partial charge in [0, 0.05) is 33.8 Å². The Labute approximate surface area is 267 Å². The van der Waals surface area contributed by atoms with Gasteiger partial charge in [0.15, 0.2) is 0 Å². The van der Waals surface area contributed by atoms with Crippen LogP contribution in [0.2, 0.25) is 0 Å². The van der Waals surface area contributed by atoms with Crippen molar-refractivity contribution in [3.63, 3.8) is 0 Å². The van der Waals surface area contributed by atoms with Gasteiger partial charge in [-0.2, -0.15) is 15.3 Å². The molecule has 0 unspecified atom stereocenters. The molecule has 0 saturated heterocycles. The summed E-state index contributed by atoms with van der Waals surface area (Å²) in [7, 11) is 9.59. The molecule has 0 aliphatic heterocycles. The predicted octanol–water partition coefficient (Wildman–Crippen LogP) is 9.06. The van der Waals surface area contributed by atoms with E-state index < -0.39 is 6.29 Å². The summed E-state index contributed by atoms with van der Waals surface area (Å²) >= 11 is 0.00694. The zero-order valence-corrected chi connectivity index (χ0v) is 27.7. The van der Waals surface area contributed by atoms with Gasteiger partial charge >= 0.3 is 33.3 Å². The number of aromatic nitrogens is 6. The summed E-state index contributed by atoms with van der Waals surface area (Å²) in [5.41, 5.74) is 12.8. The average Bonchev–Trinajstić information content (AvgIpc) is 3.68. The molecule has 6 nitrogen and oxygen atoms in total. The van der Waals surface area contributed by atoms with Crippen LogP contribution in [-0.2, 0) is 13.1 Å². The molecule has 0 amide bonds. The van der Waals surface area contributed by atoms with Crippen LogP contribution in [0.1, 0.15) is 40.1 Å². The van der Waals surface area contributed by atoms with E-state index in [1.807, 2.05) is 14.0 Å². The molecule has 6 aromatic rings. The van der Waals surface area contributed by atoms with Crippen molar-refractivity contribution in [2.24, 2.45) is 0 Å². The van der Waals surface area contributed by atoms with Gasteiger partial charge in [0.25, 0.3) is 0 Å². The number of rotatable bonds is 6. The molecule has 3 heterocycles. The first-order chi connectivity index (χ1) is 20.7. The molecule has 3 aromatic heterocycles. The van der Waals surface area contributed by atoms with Crippen LogP contribution in [0.4, 0.5) is 0 Å². The molecular formula is C34H34Cl2MnN6. The van der Waals surface area contributed by atoms with Crippen LogP contribution < -0.4 is 0 Å². The summed E-state index contributed by atoms with van der Waals surface area (Å²) in [5.74, 6) is 0. The van der Waals surface area contributed by atoms with E-state index >= 15 is 0 Å². The quantitative estimate of drug-likeness (QED) is 0.169. The molecule has 0 N–H and O–H groups in total. The summed E-state index contributed by atoms with van der Waals surface area (Å²) in [4.78, 5) is 0. The molecule has 0 aliphatic carbocycles. The van der Waals surface area contributed by atoms with Crippen molar-refractivity contribution >= 4 is 20.2 Å². The fourth-order valence-electron chi connectivity index (χ4n) is 5.07. The Kier molecular flexibility index (Phi) is 9.58. The molecule has 3 aromatic carbocycles. The maximum atomic E-state index is 5.13. The van der Waals surface area contributed by atoms with Crippen molar-refractivity contribution in [2.45, 2.75) is 47.8 Å². The Hall–Kier alpha value is -3.61. The molecule has 0 saturated carbocycles. The fraction of sp³-hybridized carbons (Fsp3) is 0.206. The minimum atomic E-state index is -0.419. The van der Waals surface area contributed by atoms with Gasteiger partial charge in [0.05, 0.1) is 17.1 Å². The third kappa shape index (κ3) is 6.81. The summed E-state index contributed by atoms with van der Waals surface area (Å²) in [6.07, 6.45) is -0.419. The van der Waals surface area contributed by atoms with E-state index in [2.05, 4.69) is 133 Å². The molecule has 0 fully saturated rings. The summed E-state index contributed by atoms with van der Waals surface area (Å²) < 4.78 is 6.10. The Bertz CT molecular complexity index is 1600. The van der Waals surface area contributed by atoms with Gasteiger partial charge < -0.3 is 0 Å². The van der Waals surface area contributed by atoms with Crippen LogP contribution in [-0.4, -0.2) is 29.3 Å². The molecule has 0 spiro atoms. The van der Waals surface area contributed by atoms with Crippen LogP contribution in [0, 0.1) is 41.5 Å². The number of hydrogen-bond acceptors (Lipinski definition) is 3. The number of aryl methyl sites for hydroxylation is 6. The fourth-order valence-corrected chi connectivity index (χ4v) is 5.07. The SMILES string of the molecule is Cc1ccc(-c2cc(C)n(C(n3nc(-c4ccc(C)cc4)cc3C)n3nc(-c4ccc(C)cc4)cc3C)n2)cc1.[Cl][Mn][Cl]. The second kappa shape index (κ2) is 13.4. The Morgan fingerprint density at radius 2 is 0.698 bits per heavy atom. The van der Waals surface area contributed by atoms with E-state index in [1.165, 1.54) is 16.7 Å². The summed E-state index contributed by atoms with van der Waals surface area (Å²) in [6.45, 7) is 12.6. The van der Waals surface area contributed by atoms with Crippen molar-refractivity contribution in [1.29, 1.82) is 0 Å². The average molecular weight is 653 g/mol. The first-order valence-corrected chi connectivity index (χ1v) is 17.2. The standard InChI is InChI=1S/C34H34N6.2ClH.Mn/c1-22-7-13-28(14-8-22)31-19-25(4)38(35-31)34(39-26(5)20-32(36-39)29-15-9-23(2)10-16-29)40-27(6)21-33(37-40)30-17-11-24(3)12-18-30;;;/h7-21,34H,1-6H3;2*1H;/q;;;+2/p-2. The van der Waals surface area contributed by atoms with Crippen molar-refractivity contribution in [3.05, 3.63) is 125 Å². The predicted molar refractivity (Wildman–Crippen MR) is 173 cm³/mol. The normalized spacial score (nSPS) is 11.1. The van der Waals surface area contributed by atoms with E-state index in [9.17, 15) is 0 Å². The second-order valence-corrected chi connectivity index (χ2v) is 12.8. The second-order valence-electron chi connectivity index (χ2n) is 10.8. The minimum absolute atomic E-state index is 0.00694. The first kappa shape index (κ1) is 30.8. The Balaban J connectivity index is 0.00000118. The summed E-state index contributed by atoms with van der Waals surface area (Å²) in [6, 6.07) is 31.9. The monoisotopic (exact) mass is 651 g/mol.